The van der Waals surface area contributed by atoms with Crippen LogP contribution in [-0.4, -0.2) is 32.8 Å². The van der Waals surface area contributed by atoms with E-state index in [1.54, 1.807) is 6.07 Å². The highest BCUT2D eigenvalue weighted by Gasteiger charge is 2.17. The summed E-state index contributed by atoms with van der Waals surface area (Å²) in [6, 6.07) is 10.1. The molecule has 9 heteroatoms. The van der Waals surface area contributed by atoms with Crippen LogP contribution < -0.4 is 4.72 Å². The SMILES string of the molecule is CN(Cc1c(F)cccc1Cl)C(=O)CCNS(=O)(=O)c1cccc(Cl)c1. The second-order valence-electron chi connectivity index (χ2n) is 5.56. The van der Waals surface area contributed by atoms with E-state index in [0.717, 1.165) is 0 Å². The number of halogens is 3. The first-order valence-electron chi connectivity index (χ1n) is 7.63. The summed E-state index contributed by atoms with van der Waals surface area (Å²) in [5.41, 5.74) is 0.213. The molecule has 0 spiro atoms. The van der Waals surface area contributed by atoms with Crippen LogP contribution in [0.3, 0.4) is 0 Å². The number of hydrogen-bond donors (Lipinski definition) is 1. The predicted molar refractivity (Wildman–Crippen MR) is 99.1 cm³/mol. The summed E-state index contributed by atoms with van der Waals surface area (Å²) in [6.07, 6.45) is -0.0810. The normalized spacial score (nSPS) is 11.4. The Bertz CT molecular complexity index is 886. The monoisotopic (exact) mass is 418 g/mol. The molecule has 140 valence electrons. The Morgan fingerprint density at radius 3 is 2.54 bits per heavy atom. The third kappa shape index (κ3) is 5.41. The van der Waals surface area contributed by atoms with Crippen LogP contribution in [0.4, 0.5) is 4.39 Å². The number of carbonyl (C=O) groups excluding carboxylic acids is 1. The van der Waals surface area contributed by atoms with E-state index in [1.807, 2.05) is 0 Å². The van der Waals surface area contributed by atoms with E-state index >= 15 is 0 Å². The quantitative estimate of drug-likeness (QED) is 0.748. The van der Waals surface area contributed by atoms with Crippen molar-refractivity contribution in [1.82, 2.24) is 9.62 Å². The topological polar surface area (TPSA) is 66.5 Å². The zero-order valence-electron chi connectivity index (χ0n) is 13.9. The van der Waals surface area contributed by atoms with E-state index in [1.165, 1.54) is 48.3 Å². The maximum Gasteiger partial charge on any atom is 0.240 e. The molecular weight excluding hydrogens is 402 g/mol. The summed E-state index contributed by atoms with van der Waals surface area (Å²) in [7, 11) is -2.27. The van der Waals surface area contributed by atoms with Crippen molar-refractivity contribution in [3.8, 4) is 0 Å². The molecule has 0 heterocycles. The van der Waals surface area contributed by atoms with Crippen molar-refractivity contribution in [1.29, 1.82) is 0 Å². The maximum atomic E-state index is 13.8. The maximum absolute atomic E-state index is 13.8. The van der Waals surface area contributed by atoms with Gasteiger partial charge in [-0.05, 0) is 30.3 Å². The molecule has 5 nitrogen and oxygen atoms in total. The van der Waals surface area contributed by atoms with Gasteiger partial charge in [0.25, 0.3) is 0 Å². The average Bonchev–Trinajstić information content (AvgIpc) is 2.58. The van der Waals surface area contributed by atoms with Gasteiger partial charge in [0, 0.05) is 42.2 Å². The molecule has 1 N–H and O–H groups in total. The number of rotatable bonds is 7. The van der Waals surface area contributed by atoms with Crippen LogP contribution in [-0.2, 0) is 21.4 Å². The van der Waals surface area contributed by atoms with E-state index in [0.29, 0.717) is 5.02 Å². The molecule has 0 bridgehead atoms. The molecule has 2 aromatic rings. The highest BCUT2D eigenvalue weighted by molar-refractivity contribution is 7.89. The Morgan fingerprint density at radius 1 is 1.19 bits per heavy atom. The van der Waals surface area contributed by atoms with Gasteiger partial charge in [-0.25, -0.2) is 17.5 Å². The lowest BCUT2D eigenvalue weighted by Crippen LogP contribution is -2.32. The van der Waals surface area contributed by atoms with Crippen LogP contribution in [0, 0.1) is 5.82 Å². The highest BCUT2D eigenvalue weighted by Crippen LogP contribution is 2.20. The molecule has 0 aliphatic heterocycles. The molecule has 0 unspecified atom stereocenters. The van der Waals surface area contributed by atoms with Crippen LogP contribution >= 0.6 is 23.2 Å². The highest BCUT2D eigenvalue weighted by atomic mass is 35.5. The van der Waals surface area contributed by atoms with E-state index in [2.05, 4.69) is 4.72 Å². The predicted octanol–water partition coefficient (Wildman–Crippen LogP) is 3.46. The molecular formula is C17H17Cl2FN2O3S. The Balaban J connectivity index is 1.92. The largest absolute Gasteiger partial charge is 0.341 e. The number of carbonyl (C=O) groups is 1. The van der Waals surface area contributed by atoms with Crippen molar-refractivity contribution in [2.75, 3.05) is 13.6 Å². The Labute approximate surface area is 161 Å². The number of nitrogens with one attached hydrogen (secondary N) is 1. The molecule has 0 saturated carbocycles. The summed E-state index contributed by atoms with van der Waals surface area (Å²) in [4.78, 5) is 13.5. The van der Waals surface area contributed by atoms with Crippen molar-refractivity contribution in [3.63, 3.8) is 0 Å². The van der Waals surface area contributed by atoms with Crippen molar-refractivity contribution in [2.45, 2.75) is 17.9 Å². The number of nitrogens with zero attached hydrogens (tertiary/aromatic N) is 1. The van der Waals surface area contributed by atoms with E-state index in [4.69, 9.17) is 23.2 Å². The fraction of sp³-hybridized carbons (Fsp3) is 0.235. The molecule has 1 amide bonds. The van der Waals surface area contributed by atoms with E-state index in [9.17, 15) is 17.6 Å². The molecule has 0 saturated heterocycles. The summed E-state index contributed by atoms with van der Waals surface area (Å²) in [5, 5.41) is 0.525. The van der Waals surface area contributed by atoms with Gasteiger partial charge in [0.1, 0.15) is 5.82 Å². The molecule has 0 aliphatic rings. The van der Waals surface area contributed by atoms with Crippen LogP contribution in [0.5, 0.6) is 0 Å². The second-order valence-corrected chi connectivity index (χ2v) is 8.17. The minimum atomic E-state index is -3.76. The van der Waals surface area contributed by atoms with Gasteiger partial charge in [-0.2, -0.15) is 0 Å². The lowest BCUT2D eigenvalue weighted by molar-refractivity contribution is -0.130. The van der Waals surface area contributed by atoms with E-state index < -0.39 is 15.8 Å². The number of hydrogen-bond acceptors (Lipinski definition) is 3. The minimum absolute atomic E-state index is 0.00855. The number of sulfonamides is 1. The lowest BCUT2D eigenvalue weighted by atomic mass is 10.2. The number of amides is 1. The Hall–Kier alpha value is -1.67. The van der Waals surface area contributed by atoms with E-state index in [-0.39, 0.29) is 40.9 Å². The molecule has 0 aliphatic carbocycles. The van der Waals surface area contributed by atoms with Crippen molar-refractivity contribution < 1.29 is 17.6 Å². The van der Waals surface area contributed by atoms with Gasteiger partial charge in [-0.3, -0.25) is 4.79 Å². The fourth-order valence-corrected chi connectivity index (χ4v) is 3.76. The summed E-state index contributed by atoms with van der Waals surface area (Å²) >= 11 is 11.7. The number of benzene rings is 2. The van der Waals surface area contributed by atoms with Crippen LogP contribution in [0.25, 0.3) is 0 Å². The van der Waals surface area contributed by atoms with Crippen LogP contribution in [0.15, 0.2) is 47.4 Å². The van der Waals surface area contributed by atoms with Crippen molar-refractivity contribution in [3.05, 3.63) is 63.9 Å². The zero-order valence-corrected chi connectivity index (χ0v) is 16.2. The first kappa shape index (κ1) is 20.6. The van der Waals surface area contributed by atoms with Gasteiger partial charge in [-0.1, -0.05) is 35.3 Å². The average molecular weight is 419 g/mol. The molecule has 2 aromatic carbocycles. The summed E-state index contributed by atoms with van der Waals surface area (Å²) < 4.78 is 40.4. The first-order chi connectivity index (χ1) is 12.2. The minimum Gasteiger partial charge on any atom is -0.341 e. The fourth-order valence-electron chi connectivity index (χ4n) is 2.21. The van der Waals surface area contributed by atoms with Crippen LogP contribution in [0.1, 0.15) is 12.0 Å². The molecule has 2 rings (SSSR count). The molecule has 0 radical (unpaired) electrons. The van der Waals surface area contributed by atoms with Crippen molar-refractivity contribution >= 4 is 39.1 Å². The van der Waals surface area contributed by atoms with Crippen LogP contribution in [0.2, 0.25) is 10.0 Å². The summed E-state index contributed by atoms with van der Waals surface area (Å²) in [6.45, 7) is -0.103. The Kier molecular flexibility index (Phi) is 7.00. The second kappa shape index (κ2) is 8.81. The lowest BCUT2D eigenvalue weighted by Gasteiger charge is -2.18. The van der Waals surface area contributed by atoms with Gasteiger partial charge < -0.3 is 4.90 Å². The zero-order chi connectivity index (χ0) is 19.3. The first-order valence-corrected chi connectivity index (χ1v) is 9.86. The van der Waals surface area contributed by atoms with Gasteiger partial charge in [0.05, 0.1) is 4.90 Å². The molecule has 26 heavy (non-hydrogen) atoms. The molecule has 0 fully saturated rings. The third-order valence-corrected chi connectivity index (χ3v) is 5.67. The summed E-state index contributed by atoms with van der Waals surface area (Å²) in [5.74, 6) is -0.850. The van der Waals surface area contributed by atoms with Crippen molar-refractivity contribution in [2.24, 2.45) is 0 Å². The third-order valence-electron chi connectivity index (χ3n) is 3.62. The molecule has 0 atom stereocenters. The standard InChI is InChI=1S/C17H17Cl2FN2O3S/c1-22(11-14-15(19)6-3-7-16(14)20)17(23)8-9-21-26(24,25)13-5-2-4-12(18)10-13/h2-7,10,21H,8-9,11H2,1H3. The van der Waals surface area contributed by atoms with Gasteiger partial charge in [-0.15, -0.1) is 0 Å². The van der Waals surface area contributed by atoms with Gasteiger partial charge in [0.2, 0.25) is 15.9 Å². The van der Waals surface area contributed by atoms with Gasteiger partial charge in [0.15, 0.2) is 0 Å². The molecule has 0 aromatic heterocycles. The van der Waals surface area contributed by atoms with Gasteiger partial charge >= 0.3 is 0 Å². The smallest absolute Gasteiger partial charge is 0.240 e. The Morgan fingerprint density at radius 2 is 1.88 bits per heavy atom.